The summed E-state index contributed by atoms with van der Waals surface area (Å²) in [6, 6.07) is 7.59. The van der Waals surface area contributed by atoms with Crippen molar-refractivity contribution in [2.45, 2.75) is 51.5 Å². The number of quaternary nitrogens is 1. The van der Waals surface area contributed by atoms with Crippen molar-refractivity contribution in [3.05, 3.63) is 84.9 Å². The fourth-order valence-electron chi connectivity index (χ4n) is 3.68. The molecule has 1 aliphatic heterocycles. The maximum Gasteiger partial charge on any atom is 0.128 e. The van der Waals surface area contributed by atoms with Crippen LogP contribution in [0, 0.1) is 5.82 Å². The average molecular weight is 400 g/mol. The van der Waals surface area contributed by atoms with Gasteiger partial charge in [-0.3, -0.25) is 0 Å². The van der Waals surface area contributed by atoms with Gasteiger partial charge in [0.15, 0.2) is 0 Å². The molecule has 2 aliphatic rings. The van der Waals surface area contributed by atoms with E-state index in [-0.39, 0.29) is 5.82 Å². The Hall–Kier alpha value is -2.13. The number of allylic oxidation sites excluding steroid dienone is 2. The predicted molar refractivity (Wildman–Crippen MR) is 125 cm³/mol. The molecule has 0 amide bonds. The Bertz CT molecular complexity index is 698. The number of hydrogen-bond acceptors (Lipinski definition) is 1. The second-order valence-electron chi connectivity index (χ2n) is 8.02. The first-order valence-corrected chi connectivity index (χ1v) is 10.8. The number of benzene rings is 1. The summed E-state index contributed by atoms with van der Waals surface area (Å²) in [6.07, 6.45) is 10.5. The van der Waals surface area contributed by atoms with Crippen LogP contribution in [0.4, 0.5) is 4.39 Å². The van der Waals surface area contributed by atoms with Crippen molar-refractivity contribution < 1.29 is 8.87 Å². The van der Waals surface area contributed by atoms with Crippen LogP contribution in [0.15, 0.2) is 73.5 Å². The van der Waals surface area contributed by atoms with Gasteiger partial charge in [-0.25, -0.2) is 4.39 Å². The Labute approximate surface area is 178 Å². The number of hydrogen-bond donors (Lipinski definition) is 1. The lowest BCUT2D eigenvalue weighted by Gasteiger charge is -2.33. The lowest BCUT2D eigenvalue weighted by atomic mass is 10.1. The number of halogens is 1. The minimum absolute atomic E-state index is 0.0370. The second kappa shape index (κ2) is 12.4. The second-order valence-corrected chi connectivity index (χ2v) is 8.02. The molecule has 3 rings (SSSR count). The zero-order valence-electron chi connectivity index (χ0n) is 18.9. The quantitative estimate of drug-likeness (QED) is 0.416. The van der Waals surface area contributed by atoms with E-state index in [1.165, 1.54) is 38.3 Å². The normalized spacial score (nSPS) is 19.8. The first-order chi connectivity index (χ1) is 13.9. The molecule has 1 aromatic rings. The highest BCUT2D eigenvalue weighted by molar-refractivity contribution is 5.25. The van der Waals surface area contributed by atoms with Gasteiger partial charge < -0.3 is 9.80 Å². The van der Waals surface area contributed by atoms with Gasteiger partial charge in [0, 0.05) is 19.4 Å². The third-order valence-electron chi connectivity index (χ3n) is 5.49. The Kier molecular flexibility index (Phi) is 10.7. The molecule has 1 heterocycles. The average Bonchev–Trinajstić information content (AvgIpc) is 3.49. The summed E-state index contributed by atoms with van der Waals surface area (Å²) in [6.45, 7) is 17.7. The van der Waals surface area contributed by atoms with Crippen LogP contribution < -0.4 is 5.32 Å². The van der Waals surface area contributed by atoms with E-state index in [0.717, 1.165) is 27.9 Å². The molecule has 1 saturated heterocycles. The fourth-order valence-corrected chi connectivity index (χ4v) is 3.68. The van der Waals surface area contributed by atoms with Crippen molar-refractivity contribution in [1.29, 1.82) is 0 Å². The first kappa shape index (κ1) is 24.9. The van der Waals surface area contributed by atoms with Gasteiger partial charge in [-0.2, -0.15) is 0 Å². The third kappa shape index (κ3) is 8.02. The molecule has 0 spiro atoms. The Balaban J connectivity index is 0.000000295. The molecule has 0 radical (unpaired) electrons. The van der Waals surface area contributed by atoms with E-state index >= 15 is 0 Å². The molecular weight excluding hydrogens is 359 g/mol. The van der Waals surface area contributed by atoms with Crippen molar-refractivity contribution in [1.82, 2.24) is 5.32 Å². The Morgan fingerprint density at radius 3 is 2.31 bits per heavy atom. The van der Waals surface area contributed by atoms with Gasteiger partial charge in [0.2, 0.25) is 0 Å². The van der Waals surface area contributed by atoms with Crippen molar-refractivity contribution in [3.8, 4) is 0 Å². The summed E-state index contributed by atoms with van der Waals surface area (Å²) in [5.74, 6) is 0.492. The van der Waals surface area contributed by atoms with Crippen LogP contribution >= 0.6 is 0 Å². The summed E-state index contributed by atoms with van der Waals surface area (Å²) < 4.78 is 13.9. The van der Waals surface area contributed by atoms with E-state index in [4.69, 9.17) is 0 Å². The molecule has 1 saturated carbocycles. The SMILES string of the molecule is C=C/C=C(\C=C)CNC(=C)C1CCC[N+]1(C)C.CC.Fc1ccccc1C1CC1. The molecule has 160 valence electrons. The van der Waals surface area contributed by atoms with Crippen molar-refractivity contribution in [2.24, 2.45) is 0 Å². The molecule has 0 aromatic heterocycles. The lowest BCUT2D eigenvalue weighted by Crippen LogP contribution is -2.47. The molecule has 2 fully saturated rings. The van der Waals surface area contributed by atoms with E-state index in [1.807, 2.05) is 38.1 Å². The number of likely N-dealkylation sites (tertiary alicyclic amines) is 1. The van der Waals surface area contributed by atoms with Gasteiger partial charge in [0.25, 0.3) is 0 Å². The largest absolute Gasteiger partial charge is 0.380 e. The lowest BCUT2D eigenvalue weighted by molar-refractivity contribution is -0.897. The van der Waals surface area contributed by atoms with E-state index < -0.39 is 0 Å². The molecule has 29 heavy (non-hydrogen) atoms. The van der Waals surface area contributed by atoms with Crippen LogP contribution in [-0.2, 0) is 0 Å². The standard InChI is InChI=1S/C15H25N2.C9H9F.C2H6/c1-6-9-14(7-2)12-16-13(3)15-10-8-11-17(15,4)5;10-9-4-2-1-3-8(9)7-5-6-7;1-2/h6-7,9,15-16H,1-3,8,10-12H2,4-5H3;1-4,7H,5-6H2;1-2H3/q+1;;/b14-9+;;. The van der Waals surface area contributed by atoms with Crippen molar-refractivity contribution in [3.63, 3.8) is 0 Å². The molecule has 1 atom stereocenters. The molecule has 1 aromatic carbocycles. The monoisotopic (exact) mass is 399 g/mol. The van der Waals surface area contributed by atoms with Crippen molar-refractivity contribution >= 4 is 0 Å². The maximum absolute atomic E-state index is 12.9. The zero-order chi connectivity index (χ0) is 21.9. The van der Waals surface area contributed by atoms with Crippen LogP contribution in [-0.4, -0.2) is 37.7 Å². The summed E-state index contributed by atoms with van der Waals surface area (Å²) in [5.41, 5.74) is 3.19. The Morgan fingerprint density at radius 2 is 1.83 bits per heavy atom. The van der Waals surface area contributed by atoms with E-state index in [2.05, 4.69) is 39.1 Å². The molecule has 1 aliphatic carbocycles. The van der Waals surface area contributed by atoms with Crippen LogP contribution in [0.1, 0.15) is 51.0 Å². The van der Waals surface area contributed by atoms with Crippen LogP contribution in [0.3, 0.4) is 0 Å². The molecule has 3 heteroatoms. The highest BCUT2D eigenvalue weighted by Crippen LogP contribution is 2.40. The number of nitrogens with one attached hydrogen (secondary N) is 1. The summed E-state index contributed by atoms with van der Waals surface area (Å²) in [4.78, 5) is 0. The van der Waals surface area contributed by atoms with Gasteiger partial charge in [0.05, 0.1) is 26.3 Å². The van der Waals surface area contributed by atoms with Gasteiger partial charge in [-0.1, -0.05) is 70.0 Å². The minimum Gasteiger partial charge on any atom is -0.380 e. The Morgan fingerprint density at radius 1 is 1.17 bits per heavy atom. The minimum atomic E-state index is -0.0370. The molecule has 1 unspecified atom stereocenters. The van der Waals surface area contributed by atoms with Gasteiger partial charge in [-0.05, 0) is 36.0 Å². The topological polar surface area (TPSA) is 12.0 Å². The van der Waals surface area contributed by atoms with Gasteiger partial charge in [-0.15, -0.1) is 0 Å². The molecular formula is C26H40FN2+. The van der Waals surface area contributed by atoms with E-state index in [1.54, 1.807) is 12.1 Å². The summed E-state index contributed by atoms with van der Waals surface area (Å²) >= 11 is 0. The van der Waals surface area contributed by atoms with Crippen LogP contribution in [0.5, 0.6) is 0 Å². The van der Waals surface area contributed by atoms with Crippen molar-refractivity contribution in [2.75, 3.05) is 27.2 Å². The van der Waals surface area contributed by atoms with Gasteiger partial charge in [0.1, 0.15) is 11.9 Å². The third-order valence-corrected chi connectivity index (χ3v) is 5.49. The van der Waals surface area contributed by atoms with Crippen LogP contribution in [0.25, 0.3) is 0 Å². The molecule has 2 nitrogen and oxygen atoms in total. The highest BCUT2D eigenvalue weighted by atomic mass is 19.1. The fraction of sp³-hybridized carbons (Fsp3) is 0.462. The zero-order valence-corrected chi connectivity index (χ0v) is 18.9. The molecule has 0 bridgehead atoms. The number of likely N-dealkylation sites (N-methyl/N-ethyl adjacent to an activating group) is 1. The number of nitrogens with zero attached hydrogens (tertiary/aromatic N) is 1. The van der Waals surface area contributed by atoms with E-state index in [0.29, 0.717) is 12.0 Å². The van der Waals surface area contributed by atoms with Crippen LogP contribution in [0.2, 0.25) is 0 Å². The predicted octanol–water partition coefficient (Wildman–Crippen LogP) is 6.36. The summed E-state index contributed by atoms with van der Waals surface area (Å²) in [7, 11) is 4.55. The van der Waals surface area contributed by atoms with Gasteiger partial charge >= 0.3 is 0 Å². The first-order valence-electron chi connectivity index (χ1n) is 10.8. The smallest absolute Gasteiger partial charge is 0.128 e. The maximum atomic E-state index is 12.9. The number of rotatable bonds is 7. The van der Waals surface area contributed by atoms with E-state index in [9.17, 15) is 4.39 Å². The summed E-state index contributed by atoms with van der Waals surface area (Å²) in [5, 5.41) is 3.42. The highest BCUT2D eigenvalue weighted by Gasteiger charge is 2.35. The molecule has 1 N–H and O–H groups in total.